The van der Waals surface area contributed by atoms with E-state index in [4.69, 9.17) is 10.8 Å². The molecule has 1 amide bonds. The first-order valence-electron chi connectivity index (χ1n) is 9.40. The summed E-state index contributed by atoms with van der Waals surface area (Å²) in [4.78, 5) is 28.2. The number of amides is 1. The van der Waals surface area contributed by atoms with Crippen LogP contribution in [0.4, 0.5) is 26.3 Å². The van der Waals surface area contributed by atoms with E-state index in [1.165, 1.54) is 4.90 Å². The molecule has 0 unspecified atom stereocenters. The van der Waals surface area contributed by atoms with Crippen LogP contribution in [-0.2, 0) is 41.7 Å². The van der Waals surface area contributed by atoms with Gasteiger partial charge in [-0.1, -0.05) is 0 Å². The number of nitrogens with two attached hydrogens (primary N) is 1. The SMILES string of the molecule is N[C@@H](CC(=O)N1CCn2c(C(F)(F)F)nc(CC(=O)O)c2C1)Cc1cc(F)c(F)cc1F. The quantitative estimate of drug-likeness (QED) is 0.505. The van der Waals surface area contributed by atoms with Gasteiger partial charge in [0.05, 0.1) is 24.4 Å². The Hall–Kier alpha value is -3.09. The Labute approximate surface area is 177 Å². The molecule has 1 aliphatic heterocycles. The highest BCUT2D eigenvalue weighted by molar-refractivity contribution is 5.77. The van der Waals surface area contributed by atoms with Crippen LogP contribution in [0.15, 0.2) is 12.1 Å². The van der Waals surface area contributed by atoms with E-state index >= 15 is 0 Å². The number of alkyl halides is 3. The van der Waals surface area contributed by atoms with Gasteiger partial charge in [0.1, 0.15) is 5.82 Å². The highest BCUT2D eigenvalue weighted by Gasteiger charge is 2.40. The van der Waals surface area contributed by atoms with Gasteiger partial charge in [0.2, 0.25) is 11.7 Å². The summed E-state index contributed by atoms with van der Waals surface area (Å²) in [5.74, 6) is -6.83. The van der Waals surface area contributed by atoms with Crippen LogP contribution in [0.1, 0.15) is 29.2 Å². The highest BCUT2D eigenvalue weighted by Crippen LogP contribution is 2.32. The minimum absolute atomic E-state index is 0.0421. The van der Waals surface area contributed by atoms with E-state index in [2.05, 4.69) is 4.98 Å². The number of carbonyl (C=O) groups is 2. The number of nitrogens with zero attached hydrogens (tertiary/aromatic N) is 3. The summed E-state index contributed by atoms with van der Waals surface area (Å²) in [6.07, 6.45) is -6.16. The number of benzene rings is 1. The number of carboxylic acid groups (broad SMARTS) is 1. The second-order valence-electron chi connectivity index (χ2n) is 7.39. The number of carboxylic acids is 1. The number of rotatable bonds is 6. The van der Waals surface area contributed by atoms with Crippen LogP contribution >= 0.6 is 0 Å². The van der Waals surface area contributed by atoms with Crippen molar-refractivity contribution in [3.8, 4) is 0 Å². The van der Waals surface area contributed by atoms with Gasteiger partial charge in [0.15, 0.2) is 11.6 Å². The molecule has 0 bridgehead atoms. The fourth-order valence-corrected chi connectivity index (χ4v) is 3.58. The van der Waals surface area contributed by atoms with Gasteiger partial charge < -0.3 is 20.3 Å². The van der Waals surface area contributed by atoms with E-state index in [0.29, 0.717) is 12.1 Å². The molecule has 1 atom stereocenters. The number of carbonyl (C=O) groups excluding carboxylic acids is 1. The second-order valence-corrected chi connectivity index (χ2v) is 7.39. The molecule has 0 saturated carbocycles. The average molecular weight is 464 g/mol. The van der Waals surface area contributed by atoms with Gasteiger partial charge in [-0.2, -0.15) is 13.2 Å². The van der Waals surface area contributed by atoms with Gasteiger partial charge in [0, 0.05) is 31.6 Å². The Morgan fingerprint density at radius 1 is 1.12 bits per heavy atom. The van der Waals surface area contributed by atoms with Crippen LogP contribution in [0, 0.1) is 17.5 Å². The van der Waals surface area contributed by atoms with Crippen LogP contribution in [0.3, 0.4) is 0 Å². The third-order valence-electron chi connectivity index (χ3n) is 5.02. The van der Waals surface area contributed by atoms with Crippen molar-refractivity contribution in [1.29, 1.82) is 0 Å². The molecule has 0 saturated heterocycles. The summed E-state index contributed by atoms with van der Waals surface area (Å²) in [6, 6.07) is 0.0383. The summed E-state index contributed by atoms with van der Waals surface area (Å²) in [6.45, 7) is -0.670. The molecule has 1 aromatic carbocycles. The minimum Gasteiger partial charge on any atom is -0.481 e. The number of hydrogen-bond donors (Lipinski definition) is 2. The summed E-state index contributed by atoms with van der Waals surface area (Å²) in [5, 5.41) is 8.97. The van der Waals surface area contributed by atoms with Gasteiger partial charge in [-0.25, -0.2) is 18.2 Å². The number of fused-ring (bicyclic) bond motifs is 1. The number of aromatic nitrogens is 2. The molecule has 32 heavy (non-hydrogen) atoms. The fourth-order valence-electron chi connectivity index (χ4n) is 3.58. The standard InChI is InChI=1S/C19H18F6N4O3/c20-11-6-13(22)12(21)4-9(11)3-10(26)5-16(30)28-1-2-29-15(8-28)14(7-17(31)32)27-18(29)19(23,24)25/h4,6,10H,1-3,5,7-8,26H2,(H,31,32)/t10-/m1/s1. The van der Waals surface area contributed by atoms with Crippen molar-refractivity contribution in [2.24, 2.45) is 5.73 Å². The van der Waals surface area contributed by atoms with E-state index in [1.54, 1.807) is 0 Å². The molecule has 7 nitrogen and oxygen atoms in total. The van der Waals surface area contributed by atoms with Crippen LogP contribution in [-0.4, -0.2) is 44.0 Å². The van der Waals surface area contributed by atoms with Crippen molar-refractivity contribution < 1.29 is 41.0 Å². The zero-order chi connectivity index (χ0) is 23.8. The number of aliphatic carboxylic acids is 1. The van der Waals surface area contributed by atoms with Crippen LogP contribution in [0.5, 0.6) is 0 Å². The Morgan fingerprint density at radius 2 is 1.78 bits per heavy atom. The molecule has 2 heterocycles. The summed E-state index contributed by atoms with van der Waals surface area (Å²) >= 11 is 0. The third-order valence-corrected chi connectivity index (χ3v) is 5.02. The molecule has 0 fully saturated rings. The molecule has 1 aliphatic rings. The Balaban J connectivity index is 1.73. The lowest BCUT2D eigenvalue weighted by Gasteiger charge is -2.30. The van der Waals surface area contributed by atoms with Gasteiger partial charge in [-0.05, 0) is 18.1 Å². The van der Waals surface area contributed by atoms with Crippen LogP contribution in [0.25, 0.3) is 0 Å². The number of imidazole rings is 1. The topological polar surface area (TPSA) is 101 Å². The van der Waals surface area contributed by atoms with E-state index in [0.717, 1.165) is 4.57 Å². The average Bonchev–Trinajstić information content (AvgIpc) is 3.03. The monoisotopic (exact) mass is 464 g/mol. The predicted molar refractivity (Wildman–Crippen MR) is 96.6 cm³/mol. The van der Waals surface area contributed by atoms with E-state index in [-0.39, 0.29) is 49.4 Å². The highest BCUT2D eigenvalue weighted by atomic mass is 19.4. The van der Waals surface area contributed by atoms with E-state index < -0.39 is 53.8 Å². The molecule has 0 radical (unpaired) electrons. The van der Waals surface area contributed by atoms with E-state index in [1.807, 2.05) is 0 Å². The fraction of sp³-hybridized carbons (Fsp3) is 0.421. The second kappa shape index (κ2) is 8.81. The molecule has 174 valence electrons. The van der Waals surface area contributed by atoms with Crippen molar-refractivity contribution in [3.63, 3.8) is 0 Å². The summed E-state index contributed by atoms with van der Waals surface area (Å²) in [5.41, 5.74) is 5.29. The molecule has 2 aromatic rings. The lowest BCUT2D eigenvalue weighted by atomic mass is 10.0. The maximum Gasteiger partial charge on any atom is 0.449 e. The van der Waals surface area contributed by atoms with Crippen molar-refractivity contribution in [3.05, 3.63) is 52.4 Å². The first kappa shape index (κ1) is 23.6. The van der Waals surface area contributed by atoms with Crippen LogP contribution < -0.4 is 5.73 Å². The Bertz CT molecular complexity index is 1050. The van der Waals surface area contributed by atoms with Crippen molar-refractivity contribution in [1.82, 2.24) is 14.5 Å². The van der Waals surface area contributed by atoms with Crippen LogP contribution in [0.2, 0.25) is 0 Å². The van der Waals surface area contributed by atoms with Gasteiger partial charge in [-0.15, -0.1) is 0 Å². The lowest BCUT2D eigenvalue weighted by Crippen LogP contribution is -2.42. The Kier molecular flexibility index (Phi) is 6.49. The maximum atomic E-state index is 13.8. The Morgan fingerprint density at radius 3 is 2.41 bits per heavy atom. The smallest absolute Gasteiger partial charge is 0.449 e. The first-order valence-corrected chi connectivity index (χ1v) is 9.40. The predicted octanol–water partition coefficient (Wildman–Crippen LogP) is 2.25. The van der Waals surface area contributed by atoms with Crippen molar-refractivity contribution in [2.75, 3.05) is 6.54 Å². The minimum atomic E-state index is -4.80. The molecule has 3 rings (SSSR count). The normalized spacial score (nSPS) is 14.9. The number of halogens is 6. The molecular weight excluding hydrogens is 446 g/mol. The summed E-state index contributed by atoms with van der Waals surface area (Å²) in [7, 11) is 0. The maximum absolute atomic E-state index is 13.8. The molecule has 3 N–H and O–H groups in total. The van der Waals surface area contributed by atoms with Gasteiger partial charge >= 0.3 is 12.1 Å². The van der Waals surface area contributed by atoms with E-state index in [9.17, 15) is 35.9 Å². The largest absolute Gasteiger partial charge is 0.481 e. The first-order chi connectivity index (χ1) is 14.9. The number of hydrogen-bond acceptors (Lipinski definition) is 4. The molecule has 0 aliphatic carbocycles. The van der Waals surface area contributed by atoms with Gasteiger partial charge in [0.25, 0.3) is 0 Å². The zero-order valence-electron chi connectivity index (χ0n) is 16.4. The molecule has 13 heteroatoms. The lowest BCUT2D eigenvalue weighted by molar-refractivity contribution is -0.148. The third kappa shape index (κ3) is 5.03. The van der Waals surface area contributed by atoms with Crippen molar-refractivity contribution in [2.45, 2.75) is 44.6 Å². The summed E-state index contributed by atoms with van der Waals surface area (Å²) < 4.78 is 80.7. The molecular formula is C19H18F6N4O3. The van der Waals surface area contributed by atoms with Gasteiger partial charge in [-0.3, -0.25) is 9.59 Å². The molecule has 1 aromatic heterocycles. The van der Waals surface area contributed by atoms with Crippen molar-refractivity contribution >= 4 is 11.9 Å². The molecule has 0 spiro atoms. The zero-order valence-corrected chi connectivity index (χ0v) is 16.4.